The molecule has 2 aromatic carbocycles. The van der Waals surface area contributed by atoms with E-state index in [-0.39, 0.29) is 5.56 Å². The number of nitrogens with one attached hydrogen (secondary N) is 2. The second-order valence-corrected chi connectivity index (χ2v) is 6.64. The van der Waals surface area contributed by atoms with Gasteiger partial charge < -0.3 is 24.3 Å². The summed E-state index contributed by atoms with van der Waals surface area (Å²) in [6.45, 7) is 0.243. The molecule has 0 saturated heterocycles. The average Bonchev–Trinajstić information content (AvgIpc) is 2.72. The first kappa shape index (κ1) is 20.5. The van der Waals surface area contributed by atoms with Crippen molar-refractivity contribution in [2.45, 2.75) is 0 Å². The first-order valence-corrected chi connectivity index (χ1v) is 9.26. The number of hydrogen-bond donors (Lipinski definition) is 2. The summed E-state index contributed by atoms with van der Waals surface area (Å²) in [6.07, 6.45) is 0. The van der Waals surface area contributed by atoms with Gasteiger partial charge in [-0.15, -0.1) is 0 Å². The number of ether oxygens (including phenoxy) is 4. The normalized spacial score (nSPS) is 11.9. The molecule has 0 saturated carbocycles. The van der Waals surface area contributed by atoms with Crippen molar-refractivity contribution in [3.8, 4) is 17.2 Å². The lowest BCUT2D eigenvalue weighted by molar-refractivity contribution is -0.123. The number of rotatable bonds is 5. The molecule has 3 amide bonds. The van der Waals surface area contributed by atoms with Crippen LogP contribution in [0.15, 0.2) is 40.9 Å². The highest BCUT2D eigenvalue weighted by molar-refractivity contribution is 9.10. The van der Waals surface area contributed by atoms with Gasteiger partial charge in [0.1, 0.15) is 19.0 Å². The monoisotopic (exact) mass is 464 g/mol. The molecule has 2 aromatic rings. The summed E-state index contributed by atoms with van der Waals surface area (Å²) in [5, 5.41) is 4.57. The van der Waals surface area contributed by atoms with Crippen LogP contribution in [-0.2, 0) is 9.53 Å². The van der Waals surface area contributed by atoms with Crippen molar-refractivity contribution in [3.63, 3.8) is 0 Å². The minimum atomic E-state index is -0.785. The number of fused-ring (bicyclic) bond motifs is 1. The van der Waals surface area contributed by atoms with Crippen molar-refractivity contribution in [1.29, 1.82) is 0 Å². The smallest absolute Gasteiger partial charge is 0.339 e. The number of amides is 3. The van der Waals surface area contributed by atoms with E-state index >= 15 is 0 Å². The van der Waals surface area contributed by atoms with Gasteiger partial charge in [0.2, 0.25) is 0 Å². The number of halogens is 1. The summed E-state index contributed by atoms with van der Waals surface area (Å²) in [5.74, 6) is 0.0149. The Morgan fingerprint density at radius 3 is 2.59 bits per heavy atom. The third-order valence-corrected chi connectivity index (χ3v) is 4.47. The molecule has 10 heteroatoms. The molecule has 0 radical (unpaired) electrons. The largest absolute Gasteiger partial charge is 0.497 e. The fraction of sp³-hybridized carbons (Fsp3) is 0.211. The number of urea groups is 1. The summed E-state index contributed by atoms with van der Waals surface area (Å²) < 4.78 is 21.3. The average molecular weight is 465 g/mol. The van der Waals surface area contributed by atoms with Gasteiger partial charge in [-0.1, -0.05) is 0 Å². The number of imide groups is 1. The van der Waals surface area contributed by atoms with Crippen LogP contribution < -0.4 is 24.8 Å². The predicted molar refractivity (Wildman–Crippen MR) is 106 cm³/mol. The standard InChI is InChI=1S/C19H17BrN2O7/c1-26-12-3-4-14(20)13(9-12)18(24)29-10-17(23)22-19(25)21-11-2-5-15-16(8-11)28-7-6-27-15/h2-5,8-9H,6-7,10H2,1H3,(H2,21,22,23,25). The molecule has 29 heavy (non-hydrogen) atoms. The summed E-state index contributed by atoms with van der Waals surface area (Å²) in [5.41, 5.74) is 0.606. The van der Waals surface area contributed by atoms with Crippen LogP contribution in [0.4, 0.5) is 10.5 Å². The molecule has 0 unspecified atom stereocenters. The van der Waals surface area contributed by atoms with Crippen LogP contribution in [0.1, 0.15) is 10.4 Å². The lowest BCUT2D eigenvalue weighted by atomic mass is 10.2. The SMILES string of the molecule is COc1ccc(Br)c(C(=O)OCC(=O)NC(=O)Nc2ccc3c(c2)OCCO3)c1. The quantitative estimate of drug-likeness (QED) is 0.654. The predicted octanol–water partition coefficient (Wildman–Crippen LogP) is 2.73. The number of carbonyl (C=O) groups is 3. The van der Waals surface area contributed by atoms with E-state index in [1.54, 1.807) is 30.3 Å². The van der Waals surface area contributed by atoms with Crippen LogP contribution >= 0.6 is 15.9 Å². The minimum Gasteiger partial charge on any atom is -0.497 e. The summed E-state index contributed by atoms with van der Waals surface area (Å²) in [7, 11) is 1.46. The molecule has 9 nitrogen and oxygen atoms in total. The maximum absolute atomic E-state index is 12.1. The highest BCUT2D eigenvalue weighted by atomic mass is 79.9. The molecule has 0 bridgehead atoms. The fourth-order valence-electron chi connectivity index (χ4n) is 2.44. The lowest BCUT2D eigenvalue weighted by Crippen LogP contribution is -2.37. The maximum Gasteiger partial charge on any atom is 0.339 e. The number of benzene rings is 2. The van der Waals surface area contributed by atoms with E-state index in [4.69, 9.17) is 18.9 Å². The molecular formula is C19H17BrN2O7. The number of anilines is 1. The zero-order chi connectivity index (χ0) is 20.8. The molecule has 0 aromatic heterocycles. The minimum absolute atomic E-state index is 0.192. The van der Waals surface area contributed by atoms with Gasteiger partial charge in [0.25, 0.3) is 5.91 Å². The number of hydrogen-bond acceptors (Lipinski definition) is 7. The number of esters is 1. The second-order valence-electron chi connectivity index (χ2n) is 5.78. The summed E-state index contributed by atoms with van der Waals surface area (Å²) in [6, 6.07) is 8.83. The molecule has 1 aliphatic heterocycles. The van der Waals surface area contributed by atoms with E-state index in [9.17, 15) is 14.4 Å². The Bertz CT molecular complexity index is 948. The number of methoxy groups -OCH3 is 1. The van der Waals surface area contributed by atoms with Crippen molar-refractivity contribution < 1.29 is 33.3 Å². The van der Waals surface area contributed by atoms with Crippen molar-refractivity contribution in [3.05, 3.63) is 46.4 Å². The van der Waals surface area contributed by atoms with E-state index in [0.717, 1.165) is 0 Å². The highest BCUT2D eigenvalue weighted by Crippen LogP contribution is 2.32. The third-order valence-electron chi connectivity index (χ3n) is 3.78. The van der Waals surface area contributed by atoms with Gasteiger partial charge in [-0.25, -0.2) is 9.59 Å². The van der Waals surface area contributed by atoms with Crippen LogP contribution in [0.25, 0.3) is 0 Å². The molecule has 0 fully saturated rings. The van der Waals surface area contributed by atoms with Crippen molar-refractivity contribution in [2.24, 2.45) is 0 Å². The second kappa shape index (κ2) is 9.28. The Hall–Kier alpha value is -3.27. The number of carbonyl (C=O) groups excluding carboxylic acids is 3. The van der Waals surface area contributed by atoms with Gasteiger partial charge in [0, 0.05) is 16.2 Å². The third kappa shape index (κ3) is 5.38. The first-order valence-electron chi connectivity index (χ1n) is 8.47. The van der Waals surface area contributed by atoms with Gasteiger partial charge in [-0.05, 0) is 46.3 Å². The molecule has 0 aliphatic carbocycles. The van der Waals surface area contributed by atoms with Gasteiger partial charge >= 0.3 is 12.0 Å². The lowest BCUT2D eigenvalue weighted by Gasteiger charge is -2.19. The molecule has 3 rings (SSSR count). The van der Waals surface area contributed by atoms with E-state index < -0.39 is 24.5 Å². The van der Waals surface area contributed by atoms with Crippen LogP contribution in [0.3, 0.4) is 0 Å². The molecule has 1 aliphatic rings. The summed E-state index contributed by atoms with van der Waals surface area (Å²) >= 11 is 3.23. The molecule has 0 atom stereocenters. The van der Waals surface area contributed by atoms with Crippen molar-refractivity contribution in [1.82, 2.24) is 5.32 Å². The zero-order valence-electron chi connectivity index (χ0n) is 15.3. The topological polar surface area (TPSA) is 112 Å². The van der Waals surface area contributed by atoms with Crippen LogP contribution in [0.2, 0.25) is 0 Å². The summed E-state index contributed by atoms with van der Waals surface area (Å²) in [4.78, 5) is 36.0. The molecular weight excluding hydrogens is 448 g/mol. The molecule has 1 heterocycles. The van der Waals surface area contributed by atoms with Gasteiger partial charge in [-0.3, -0.25) is 10.1 Å². The van der Waals surface area contributed by atoms with E-state index in [2.05, 4.69) is 26.6 Å². The van der Waals surface area contributed by atoms with E-state index in [0.29, 0.717) is 40.6 Å². The Morgan fingerprint density at radius 2 is 1.83 bits per heavy atom. The van der Waals surface area contributed by atoms with Crippen LogP contribution in [0.5, 0.6) is 17.2 Å². The molecule has 2 N–H and O–H groups in total. The Kier molecular flexibility index (Phi) is 6.55. The van der Waals surface area contributed by atoms with E-state index in [1.807, 2.05) is 0 Å². The van der Waals surface area contributed by atoms with Gasteiger partial charge in [0.15, 0.2) is 18.1 Å². The van der Waals surface area contributed by atoms with Crippen LogP contribution in [0, 0.1) is 0 Å². The Labute approximate surface area is 174 Å². The molecule has 0 spiro atoms. The van der Waals surface area contributed by atoms with Crippen molar-refractivity contribution >= 4 is 39.5 Å². The Balaban J connectivity index is 1.50. The van der Waals surface area contributed by atoms with E-state index in [1.165, 1.54) is 13.2 Å². The fourth-order valence-corrected chi connectivity index (χ4v) is 2.85. The van der Waals surface area contributed by atoms with Gasteiger partial charge in [0.05, 0.1) is 12.7 Å². The van der Waals surface area contributed by atoms with Crippen molar-refractivity contribution in [2.75, 3.05) is 32.2 Å². The first-order chi connectivity index (χ1) is 14.0. The maximum atomic E-state index is 12.1. The van der Waals surface area contributed by atoms with Crippen LogP contribution in [-0.4, -0.2) is 44.8 Å². The molecule has 152 valence electrons. The highest BCUT2D eigenvalue weighted by Gasteiger charge is 2.17. The Morgan fingerprint density at radius 1 is 1.07 bits per heavy atom. The zero-order valence-corrected chi connectivity index (χ0v) is 16.9. The van der Waals surface area contributed by atoms with Gasteiger partial charge in [-0.2, -0.15) is 0 Å².